The monoisotopic (exact) mass is 217 g/mol. The highest BCUT2D eigenvalue weighted by Crippen LogP contribution is 2.20. The Hall–Kier alpha value is -1.35. The molecule has 0 spiro atoms. The zero-order chi connectivity index (χ0) is 11.5. The smallest absolute Gasteiger partial charge is 0.106 e. The average molecular weight is 217 g/mol. The molecule has 0 aliphatic heterocycles. The van der Waals surface area contributed by atoms with Crippen molar-refractivity contribution >= 4 is 11.0 Å². The number of fused-ring (bicyclic) bond motifs is 1. The molecule has 1 aromatic carbocycles. The van der Waals surface area contributed by atoms with E-state index in [1.165, 1.54) is 11.1 Å². The summed E-state index contributed by atoms with van der Waals surface area (Å²) in [5.74, 6) is 1.07. The number of para-hydroxylation sites is 1. The van der Waals surface area contributed by atoms with E-state index in [1.54, 1.807) is 0 Å². The quantitative estimate of drug-likeness (QED) is 0.798. The van der Waals surface area contributed by atoms with Gasteiger partial charge in [-0.15, -0.1) is 0 Å². The molecule has 0 saturated carbocycles. The maximum absolute atomic E-state index is 5.51. The van der Waals surface area contributed by atoms with Crippen LogP contribution in [0.1, 0.15) is 24.2 Å². The summed E-state index contributed by atoms with van der Waals surface area (Å²) in [7, 11) is 2.06. The van der Waals surface area contributed by atoms with E-state index in [0.29, 0.717) is 0 Å². The summed E-state index contributed by atoms with van der Waals surface area (Å²) in [6.07, 6.45) is 3.30. The third-order valence-electron chi connectivity index (χ3n) is 3.12. The lowest BCUT2D eigenvalue weighted by Crippen LogP contribution is -1.99. The van der Waals surface area contributed by atoms with E-state index in [4.69, 9.17) is 5.73 Å². The molecule has 1 aromatic heterocycles. The van der Waals surface area contributed by atoms with Gasteiger partial charge in [-0.05, 0) is 44.4 Å². The van der Waals surface area contributed by atoms with Crippen LogP contribution in [0.15, 0.2) is 18.2 Å². The van der Waals surface area contributed by atoms with Crippen LogP contribution in [0.5, 0.6) is 0 Å². The summed E-state index contributed by atoms with van der Waals surface area (Å²) in [5.41, 5.74) is 9.23. The van der Waals surface area contributed by atoms with Crippen LogP contribution in [0.3, 0.4) is 0 Å². The van der Waals surface area contributed by atoms with Crippen molar-refractivity contribution in [1.82, 2.24) is 9.55 Å². The number of benzene rings is 1. The summed E-state index contributed by atoms with van der Waals surface area (Å²) in [4.78, 5) is 4.62. The van der Waals surface area contributed by atoms with Gasteiger partial charge >= 0.3 is 0 Å². The van der Waals surface area contributed by atoms with Gasteiger partial charge in [-0.3, -0.25) is 0 Å². The number of nitrogens with two attached hydrogens (primary N) is 1. The first-order valence-corrected chi connectivity index (χ1v) is 5.85. The number of aryl methyl sites for hydroxylation is 3. The van der Waals surface area contributed by atoms with E-state index in [0.717, 1.165) is 37.1 Å². The number of aromatic nitrogens is 2. The molecule has 0 aliphatic rings. The third-order valence-corrected chi connectivity index (χ3v) is 3.12. The Morgan fingerprint density at radius 2 is 2.12 bits per heavy atom. The van der Waals surface area contributed by atoms with E-state index < -0.39 is 0 Å². The number of hydrogen-bond donors (Lipinski definition) is 1. The standard InChI is InChI=1S/C13H19N3/c1-10-15-13-11(6-3-4-9-14)7-5-8-12(13)16(10)2/h5,7-8H,3-4,6,9,14H2,1-2H3. The molecule has 2 N–H and O–H groups in total. The van der Waals surface area contributed by atoms with Crippen LogP contribution in [0.4, 0.5) is 0 Å². The highest BCUT2D eigenvalue weighted by molar-refractivity contribution is 5.79. The number of hydrogen-bond acceptors (Lipinski definition) is 2. The Balaban J connectivity index is 2.34. The van der Waals surface area contributed by atoms with Gasteiger partial charge in [0.15, 0.2) is 0 Å². The van der Waals surface area contributed by atoms with Gasteiger partial charge in [-0.2, -0.15) is 0 Å². The summed E-state index contributed by atoms with van der Waals surface area (Å²) in [5, 5.41) is 0. The van der Waals surface area contributed by atoms with Crippen LogP contribution in [0, 0.1) is 6.92 Å². The molecule has 2 aromatic rings. The summed E-state index contributed by atoms with van der Waals surface area (Å²) >= 11 is 0. The van der Waals surface area contributed by atoms with Crippen LogP contribution in [0.2, 0.25) is 0 Å². The Kier molecular flexibility index (Phi) is 3.25. The lowest BCUT2D eigenvalue weighted by molar-refractivity contribution is 0.747. The topological polar surface area (TPSA) is 43.8 Å². The molecule has 0 unspecified atom stereocenters. The Morgan fingerprint density at radius 3 is 2.88 bits per heavy atom. The lowest BCUT2D eigenvalue weighted by atomic mass is 10.1. The van der Waals surface area contributed by atoms with Gasteiger partial charge in [-0.25, -0.2) is 4.98 Å². The molecule has 0 atom stereocenters. The molecular weight excluding hydrogens is 198 g/mol. The molecule has 3 nitrogen and oxygen atoms in total. The van der Waals surface area contributed by atoms with Crippen molar-refractivity contribution in [2.45, 2.75) is 26.2 Å². The maximum Gasteiger partial charge on any atom is 0.106 e. The zero-order valence-electron chi connectivity index (χ0n) is 10.0. The molecule has 0 radical (unpaired) electrons. The minimum Gasteiger partial charge on any atom is -0.331 e. The fraction of sp³-hybridized carbons (Fsp3) is 0.462. The zero-order valence-corrected chi connectivity index (χ0v) is 10.0. The second-order valence-corrected chi connectivity index (χ2v) is 4.25. The van der Waals surface area contributed by atoms with Crippen LogP contribution < -0.4 is 5.73 Å². The van der Waals surface area contributed by atoms with Crippen molar-refractivity contribution in [2.24, 2.45) is 12.8 Å². The predicted molar refractivity (Wildman–Crippen MR) is 67.4 cm³/mol. The summed E-state index contributed by atoms with van der Waals surface area (Å²) in [6.45, 7) is 2.82. The van der Waals surface area contributed by atoms with Crippen LogP contribution in [0.25, 0.3) is 11.0 Å². The number of unbranched alkanes of at least 4 members (excludes halogenated alkanes) is 1. The lowest BCUT2D eigenvalue weighted by Gasteiger charge is -2.02. The Labute approximate surface area is 96.3 Å². The molecule has 0 bridgehead atoms. The van der Waals surface area contributed by atoms with Gasteiger partial charge in [-0.1, -0.05) is 12.1 Å². The second-order valence-electron chi connectivity index (χ2n) is 4.25. The Bertz CT molecular complexity index is 485. The molecule has 1 heterocycles. The predicted octanol–water partition coefficient (Wildman–Crippen LogP) is 2.16. The summed E-state index contributed by atoms with van der Waals surface area (Å²) in [6, 6.07) is 6.41. The molecule has 0 fully saturated rings. The van der Waals surface area contributed by atoms with Crippen molar-refractivity contribution in [3.8, 4) is 0 Å². The van der Waals surface area contributed by atoms with E-state index in [1.807, 2.05) is 6.92 Å². The number of nitrogens with zero attached hydrogens (tertiary/aromatic N) is 2. The van der Waals surface area contributed by atoms with Crippen LogP contribution in [-0.4, -0.2) is 16.1 Å². The molecule has 0 aliphatic carbocycles. The van der Waals surface area contributed by atoms with Crippen molar-refractivity contribution < 1.29 is 0 Å². The average Bonchev–Trinajstić information content (AvgIpc) is 2.57. The van der Waals surface area contributed by atoms with Gasteiger partial charge in [0.05, 0.1) is 11.0 Å². The fourth-order valence-electron chi connectivity index (χ4n) is 2.05. The van der Waals surface area contributed by atoms with Gasteiger partial charge in [0.1, 0.15) is 5.82 Å². The molecule has 2 rings (SSSR count). The van der Waals surface area contributed by atoms with Crippen LogP contribution >= 0.6 is 0 Å². The first-order chi connectivity index (χ1) is 7.74. The molecule has 0 amide bonds. The van der Waals surface area contributed by atoms with Gasteiger partial charge in [0.25, 0.3) is 0 Å². The first kappa shape index (κ1) is 11.1. The van der Waals surface area contributed by atoms with Crippen LogP contribution in [-0.2, 0) is 13.5 Å². The largest absolute Gasteiger partial charge is 0.331 e. The SMILES string of the molecule is Cc1nc2c(CCCCN)cccc2n1C. The minimum atomic E-state index is 0.775. The molecule has 0 saturated heterocycles. The van der Waals surface area contributed by atoms with E-state index in [-0.39, 0.29) is 0 Å². The van der Waals surface area contributed by atoms with E-state index in [9.17, 15) is 0 Å². The van der Waals surface area contributed by atoms with Crippen molar-refractivity contribution in [3.05, 3.63) is 29.6 Å². The highest BCUT2D eigenvalue weighted by atomic mass is 15.0. The van der Waals surface area contributed by atoms with Crippen molar-refractivity contribution in [2.75, 3.05) is 6.54 Å². The number of imidazole rings is 1. The molecule has 3 heteroatoms. The van der Waals surface area contributed by atoms with E-state index >= 15 is 0 Å². The molecule has 86 valence electrons. The highest BCUT2D eigenvalue weighted by Gasteiger charge is 2.07. The van der Waals surface area contributed by atoms with Gasteiger partial charge in [0.2, 0.25) is 0 Å². The first-order valence-electron chi connectivity index (χ1n) is 5.85. The second kappa shape index (κ2) is 4.66. The maximum atomic E-state index is 5.51. The number of rotatable bonds is 4. The third kappa shape index (κ3) is 1.95. The Morgan fingerprint density at radius 1 is 1.31 bits per heavy atom. The normalized spacial score (nSPS) is 11.2. The minimum absolute atomic E-state index is 0.775. The fourth-order valence-corrected chi connectivity index (χ4v) is 2.05. The summed E-state index contributed by atoms with van der Waals surface area (Å²) < 4.78 is 2.14. The van der Waals surface area contributed by atoms with Gasteiger partial charge < -0.3 is 10.3 Å². The molecule has 16 heavy (non-hydrogen) atoms. The van der Waals surface area contributed by atoms with Gasteiger partial charge in [0, 0.05) is 7.05 Å². The van der Waals surface area contributed by atoms with E-state index in [2.05, 4.69) is 34.8 Å². The molecular formula is C13H19N3. The van der Waals surface area contributed by atoms with Crippen molar-refractivity contribution in [1.29, 1.82) is 0 Å². The van der Waals surface area contributed by atoms with Crippen molar-refractivity contribution in [3.63, 3.8) is 0 Å².